The van der Waals surface area contributed by atoms with Crippen LogP contribution in [0.1, 0.15) is 82.6 Å². The number of anilines is 4. The molecule has 346 valence electrons. The topological polar surface area (TPSA) is 33.5 Å². The fourth-order valence-corrected chi connectivity index (χ4v) is 9.21. The van der Waals surface area contributed by atoms with Crippen molar-refractivity contribution in [2.75, 3.05) is 9.80 Å². The first kappa shape index (κ1) is 46.5. The molecule has 0 spiro atoms. The molecular weight excluding hydrogens is 1030 g/mol. The Bertz CT molecular complexity index is 3320. The van der Waals surface area contributed by atoms with E-state index in [9.17, 15) is 4.39 Å². The summed E-state index contributed by atoms with van der Waals surface area (Å²) in [6, 6.07) is 49.7. The van der Waals surface area contributed by atoms with Crippen LogP contribution in [0, 0.1) is 43.2 Å². The molecule has 10 rings (SSSR count). The molecule has 0 atom stereocenters. The monoisotopic (exact) mass is 1080 g/mol. The van der Waals surface area contributed by atoms with Crippen LogP contribution in [0.15, 0.2) is 140 Å². The van der Waals surface area contributed by atoms with E-state index in [2.05, 4.69) is 167 Å². The van der Waals surface area contributed by atoms with Crippen LogP contribution < -0.4 is 14.5 Å². The third-order valence-electron chi connectivity index (χ3n) is 12.7. The minimum atomic E-state index is -0.956. The summed E-state index contributed by atoms with van der Waals surface area (Å²) in [5, 5.41) is 2.13. The molecular formula is C59H50F3N4OPt-3. The molecule has 1 aliphatic heterocycles. The van der Waals surface area contributed by atoms with E-state index in [1.165, 1.54) is 5.56 Å². The van der Waals surface area contributed by atoms with Crippen molar-refractivity contribution < 1.29 is 39.0 Å². The molecule has 9 heteroatoms. The second-order valence-electron chi connectivity index (χ2n) is 19.1. The van der Waals surface area contributed by atoms with Gasteiger partial charge in [0.05, 0.1) is 5.56 Å². The third-order valence-corrected chi connectivity index (χ3v) is 12.7. The second-order valence-corrected chi connectivity index (χ2v) is 19.1. The number of nitrogens with zero attached hydrogens (tertiary/aromatic N) is 4. The number of fused-ring (bicyclic) bond motifs is 4. The van der Waals surface area contributed by atoms with Gasteiger partial charge in [0.15, 0.2) is 0 Å². The van der Waals surface area contributed by atoms with Crippen LogP contribution in [0.4, 0.5) is 35.9 Å². The summed E-state index contributed by atoms with van der Waals surface area (Å²) in [4.78, 5) is 9.14. The fraction of sp³-hybridized carbons (Fsp3) is 0.186. The number of aromatic nitrogens is 2. The molecule has 0 saturated carbocycles. The number of rotatable bonds is 9. The number of hydrogen-bond acceptors (Lipinski definition) is 4. The van der Waals surface area contributed by atoms with E-state index in [0.717, 1.165) is 90.3 Å². The van der Waals surface area contributed by atoms with E-state index >= 15 is 8.78 Å². The zero-order chi connectivity index (χ0) is 46.9. The zero-order valence-electron chi connectivity index (χ0n) is 39.2. The van der Waals surface area contributed by atoms with Crippen LogP contribution >= 0.6 is 0 Å². The van der Waals surface area contributed by atoms with E-state index in [-0.39, 0.29) is 43.9 Å². The standard InChI is InChI=1S/C59H50F3N4O.Pt/c1-35(2)48-27-40(57-50(61)30-42(60)31-51(57)62)28-49(36(3)4)58(48)65-34-64(53-15-11-12-16-54(53)65)43-25-39(38-19-17-37(5)18-20-38)26-45(32-43)67-44-21-22-47-46-13-9-10-14-52(46)66(55(47)33-44)56-29-41(23-24-63-56)59(6,7)8;/h9-31,34-36H,1-8H3;/q-3;. The quantitative estimate of drug-likeness (QED) is 0.135. The Labute approximate surface area is 411 Å². The molecule has 0 radical (unpaired) electrons. The Morgan fingerprint density at radius 3 is 1.94 bits per heavy atom. The minimum absolute atomic E-state index is 0. The first-order chi connectivity index (χ1) is 32.1. The summed E-state index contributed by atoms with van der Waals surface area (Å²) in [5.41, 5.74) is 11.5. The zero-order valence-corrected chi connectivity index (χ0v) is 41.4. The second kappa shape index (κ2) is 18.1. The van der Waals surface area contributed by atoms with Gasteiger partial charge in [-0.1, -0.05) is 114 Å². The predicted molar refractivity (Wildman–Crippen MR) is 267 cm³/mol. The van der Waals surface area contributed by atoms with Crippen molar-refractivity contribution in [1.82, 2.24) is 9.55 Å². The summed E-state index contributed by atoms with van der Waals surface area (Å²) in [7, 11) is 0. The Morgan fingerprint density at radius 2 is 1.28 bits per heavy atom. The molecule has 0 unspecified atom stereocenters. The van der Waals surface area contributed by atoms with E-state index in [1.54, 1.807) is 0 Å². The number of ether oxygens (including phenoxy) is 1. The molecule has 0 fully saturated rings. The first-order valence-electron chi connectivity index (χ1n) is 22.7. The van der Waals surface area contributed by atoms with Gasteiger partial charge in [-0.25, -0.2) is 18.2 Å². The van der Waals surface area contributed by atoms with E-state index < -0.39 is 17.5 Å². The molecule has 0 saturated heterocycles. The molecule has 0 N–H and O–H groups in total. The Morgan fingerprint density at radius 1 is 0.632 bits per heavy atom. The maximum Gasteiger partial charge on any atom is 0.136 e. The smallest absolute Gasteiger partial charge is 0.136 e. The van der Waals surface area contributed by atoms with Gasteiger partial charge in [0, 0.05) is 73.5 Å². The van der Waals surface area contributed by atoms with Crippen LogP contribution in [0.2, 0.25) is 0 Å². The summed E-state index contributed by atoms with van der Waals surface area (Å²) in [6.07, 6.45) is 1.87. The summed E-state index contributed by atoms with van der Waals surface area (Å²) in [6.45, 7) is 19.0. The van der Waals surface area contributed by atoms with Gasteiger partial charge in [0.25, 0.3) is 0 Å². The van der Waals surface area contributed by atoms with Crippen molar-refractivity contribution in [3.05, 3.63) is 198 Å². The predicted octanol–water partition coefficient (Wildman–Crippen LogP) is 16.6. The molecule has 1 aliphatic rings. The molecule has 3 heterocycles. The van der Waals surface area contributed by atoms with Gasteiger partial charge in [-0.15, -0.1) is 53.6 Å². The molecule has 0 aliphatic carbocycles. The van der Waals surface area contributed by atoms with Gasteiger partial charge >= 0.3 is 0 Å². The summed E-state index contributed by atoms with van der Waals surface area (Å²) < 4.78 is 53.8. The number of benzene rings is 7. The average Bonchev–Trinajstić information content (AvgIpc) is 3.84. The van der Waals surface area contributed by atoms with Crippen molar-refractivity contribution >= 4 is 44.6 Å². The van der Waals surface area contributed by atoms with Gasteiger partial charge in [0.1, 0.15) is 23.3 Å². The number of pyridine rings is 1. The van der Waals surface area contributed by atoms with Crippen LogP contribution in [-0.2, 0) is 26.5 Å². The third kappa shape index (κ3) is 8.49. The van der Waals surface area contributed by atoms with Crippen molar-refractivity contribution in [3.8, 4) is 39.6 Å². The minimum Gasteiger partial charge on any atom is -0.509 e. The number of hydrogen-bond donors (Lipinski definition) is 0. The van der Waals surface area contributed by atoms with Crippen molar-refractivity contribution in [2.24, 2.45) is 0 Å². The largest absolute Gasteiger partial charge is 0.509 e. The first-order valence-corrected chi connectivity index (χ1v) is 22.7. The van der Waals surface area contributed by atoms with Crippen LogP contribution in [0.5, 0.6) is 11.5 Å². The van der Waals surface area contributed by atoms with Gasteiger partial charge < -0.3 is 19.1 Å². The summed E-state index contributed by atoms with van der Waals surface area (Å²) in [5.74, 6) is -1.10. The molecule has 2 aromatic heterocycles. The number of halogens is 3. The van der Waals surface area contributed by atoms with Crippen molar-refractivity contribution in [3.63, 3.8) is 0 Å². The SMILES string of the molecule is Cc1ccc(-c2cc(Oc3[c-]c4c(cc3)c3ccccc3n4-c3cc(C(C)(C)C)ccn3)[c-]c(N3[CH-]N(c4c(C(C)C)cc(-c5c(F)cc(F)cc5F)cc4C(C)C)c4ccccc43)c2)cc1.[Pt]. The maximum absolute atomic E-state index is 15.4. The van der Waals surface area contributed by atoms with Gasteiger partial charge in [0.2, 0.25) is 0 Å². The molecule has 9 aromatic rings. The van der Waals surface area contributed by atoms with Gasteiger partial charge in [-0.2, -0.15) is 6.07 Å². The number of para-hydroxylation sites is 3. The van der Waals surface area contributed by atoms with E-state index in [0.29, 0.717) is 17.1 Å². The maximum atomic E-state index is 15.4. The Kier molecular flexibility index (Phi) is 12.4. The van der Waals surface area contributed by atoms with Crippen LogP contribution in [0.25, 0.3) is 49.9 Å². The normalized spacial score (nSPS) is 12.7. The summed E-state index contributed by atoms with van der Waals surface area (Å²) >= 11 is 0. The Balaban J connectivity index is 0.00000578. The number of aryl methyl sites for hydroxylation is 1. The molecule has 5 nitrogen and oxygen atoms in total. The molecule has 0 bridgehead atoms. The van der Waals surface area contributed by atoms with Crippen LogP contribution in [-0.4, -0.2) is 9.55 Å². The van der Waals surface area contributed by atoms with Crippen molar-refractivity contribution in [1.29, 1.82) is 0 Å². The molecule has 0 amide bonds. The fourth-order valence-electron chi connectivity index (χ4n) is 9.21. The molecule has 7 aromatic carbocycles. The van der Waals surface area contributed by atoms with Gasteiger partial charge in [-0.3, -0.25) is 0 Å². The van der Waals surface area contributed by atoms with E-state index in [1.807, 2.05) is 48.7 Å². The van der Waals surface area contributed by atoms with Crippen molar-refractivity contribution in [2.45, 2.75) is 72.6 Å². The van der Waals surface area contributed by atoms with Gasteiger partial charge in [-0.05, 0) is 99.8 Å². The van der Waals surface area contributed by atoms with E-state index in [4.69, 9.17) is 9.72 Å². The Hall–Kier alpha value is -6.63. The van der Waals surface area contributed by atoms with Crippen LogP contribution in [0.3, 0.4) is 0 Å². The molecule has 68 heavy (non-hydrogen) atoms. The average molecular weight is 1080 g/mol.